The van der Waals surface area contributed by atoms with Crippen molar-refractivity contribution in [2.24, 2.45) is 0 Å². The summed E-state index contributed by atoms with van der Waals surface area (Å²) in [5, 5.41) is 1.55. The lowest BCUT2D eigenvalue weighted by molar-refractivity contribution is 0.0890. The van der Waals surface area contributed by atoms with Crippen LogP contribution in [0, 0.1) is 0 Å². The molecule has 0 aliphatic heterocycles. The van der Waals surface area contributed by atoms with E-state index in [1.54, 1.807) is 25.3 Å². The fraction of sp³-hybridized carbons (Fsp3) is 0.143. The topological polar surface area (TPSA) is 43.4 Å². The van der Waals surface area contributed by atoms with Crippen molar-refractivity contribution in [2.45, 2.75) is 6.42 Å². The lowest BCUT2D eigenvalue weighted by atomic mass is 9.86. The maximum absolute atomic E-state index is 11.8. The first-order valence-electron chi connectivity index (χ1n) is 5.38. The zero-order valence-corrected chi connectivity index (χ0v) is 9.32. The van der Waals surface area contributed by atoms with E-state index in [0.717, 1.165) is 10.8 Å². The van der Waals surface area contributed by atoms with Gasteiger partial charge in [0, 0.05) is 21.9 Å². The molecule has 0 N–H and O–H groups in total. The van der Waals surface area contributed by atoms with Gasteiger partial charge in [-0.25, -0.2) is 0 Å². The Balaban J connectivity index is 2.51. The van der Waals surface area contributed by atoms with Crippen molar-refractivity contribution >= 4 is 22.3 Å². The standard InChI is InChI=1S/C14H10O3/c1-17-13-6-5-9-12(16)7-11(15)8-3-2-4-10(13)14(8)9/h2-6H,7H2,1H3. The third-order valence-corrected chi connectivity index (χ3v) is 3.14. The van der Waals surface area contributed by atoms with Gasteiger partial charge in [-0.05, 0) is 12.1 Å². The molecule has 0 fully saturated rings. The van der Waals surface area contributed by atoms with E-state index in [1.165, 1.54) is 0 Å². The average Bonchev–Trinajstić information content (AvgIpc) is 2.35. The van der Waals surface area contributed by atoms with Gasteiger partial charge in [0.1, 0.15) is 5.75 Å². The first-order valence-corrected chi connectivity index (χ1v) is 5.38. The van der Waals surface area contributed by atoms with E-state index in [0.29, 0.717) is 16.9 Å². The Morgan fingerprint density at radius 1 is 1.00 bits per heavy atom. The summed E-state index contributed by atoms with van der Waals surface area (Å²) in [6, 6.07) is 8.96. The molecule has 1 aliphatic carbocycles. The average molecular weight is 226 g/mol. The number of ketones is 2. The summed E-state index contributed by atoms with van der Waals surface area (Å²) in [5.41, 5.74) is 1.24. The number of hydrogen-bond acceptors (Lipinski definition) is 3. The third-order valence-electron chi connectivity index (χ3n) is 3.14. The highest BCUT2D eigenvalue weighted by molar-refractivity contribution is 6.28. The molecule has 0 saturated carbocycles. The van der Waals surface area contributed by atoms with Crippen molar-refractivity contribution < 1.29 is 14.3 Å². The number of carbonyl (C=O) groups is 2. The second-order valence-electron chi connectivity index (χ2n) is 4.07. The monoisotopic (exact) mass is 226 g/mol. The van der Waals surface area contributed by atoms with Crippen molar-refractivity contribution in [3.8, 4) is 5.75 Å². The number of Topliss-reactive ketones (excluding diaryl/α,β-unsaturated/α-hetero) is 2. The van der Waals surface area contributed by atoms with Gasteiger partial charge in [-0.2, -0.15) is 0 Å². The van der Waals surface area contributed by atoms with Crippen LogP contribution in [0.25, 0.3) is 10.8 Å². The minimum Gasteiger partial charge on any atom is -0.496 e. The van der Waals surface area contributed by atoms with E-state index in [2.05, 4.69) is 0 Å². The van der Waals surface area contributed by atoms with Gasteiger partial charge in [-0.1, -0.05) is 18.2 Å². The SMILES string of the molecule is COc1ccc2c3c(cccc13)C(=O)CC2=O. The van der Waals surface area contributed by atoms with Gasteiger partial charge in [0.05, 0.1) is 13.5 Å². The molecule has 0 bridgehead atoms. The van der Waals surface area contributed by atoms with E-state index < -0.39 is 0 Å². The molecule has 0 heterocycles. The molecule has 3 nitrogen and oxygen atoms in total. The molecule has 17 heavy (non-hydrogen) atoms. The van der Waals surface area contributed by atoms with Gasteiger partial charge < -0.3 is 4.74 Å². The van der Waals surface area contributed by atoms with Crippen molar-refractivity contribution in [1.29, 1.82) is 0 Å². The second-order valence-corrected chi connectivity index (χ2v) is 4.07. The number of ether oxygens (including phenoxy) is 1. The minimum absolute atomic E-state index is 0.0293. The molecule has 0 saturated heterocycles. The van der Waals surface area contributed by atoms with Crippen LogP contribution < -0.4 is 4.74 Å². The van der Waals surface area contributed by atoms with Crippen LogP contribution in [0.1, 0.15) is 27.1 Å². The smallest absolute Gasteiger partial charge is 0.171 e. The molecule has 3 heteroatoms. The van der Waals surface area contributed by atoms with E-state index in [1.807, 2.05) is 12.1 Å². The van der Waals surface area contributed by atoms with E-state index in [-0.39, 0.29) is 18.0 Å². The molecule has 0 spiro atoms. The molecule has 0 aromatic heterocycles. The van der Waals surface area contributed by atoms with Crippen LogP contribution in [0.5, 0.6) is 5.75 Å². The summed E-state index contributed by atoms with van der Waals surface area (Å²) in [5.74, 6) is 0.468. The third kappa shape index (κ3) is 1.29. The van der Waals surface area contributed by atoms with Gasteiger partial charge >= 0.3 is 0 Å². The first kappa shape index (κ1) is 10.0. The molecular weight excluding hydrogens is 216 g/mol. The Morgan fingerprint density at radius 3 is 2.41 bits per heavy atom. The van der Waals surface area contributed by atoms with Gasteiger partial charge in [-0.15, -0.1) is 0 Å². The van der Waals surface area contributed by atoms with Gasteiger partial charge in [0.2, 0.25) is 0 Å². The Hall–Kier alpha value is -2.16. The highest BCUT2D eigenvalue weighted by atomic mass is 16.5. The van der Waals surface area contributed by atoms with Crippen molar-refractivity contribution in [2.75, 3.05) is 7.11 Å². The molecule has 0 atom stereocenters. The lowest BCUT2D eigenvalue weighted by Crippen LogP contribution is -2.16. The zero-order valence-electron chi connectivity index (χ0n) is 9.32. The Morgan fingerprint density at radius 2 is 1.71 bits per heavy atom. The number of methoxy groups -OCH3 is 1. The lowest BCUT2D eigenvalue weighted by Gasteiger charge is -2.16. The summed E-state index contributed by atoms with van der Waals surface area (Å²) in [7, 11) is 1.58. The summed E-state index contributed by atoms with van der Waals surface area (Å²) >= 11 is 0. The summed E-state index contributed by atoms with van der Waals surface area (Å²) in [4.78, 5) is 23.6. The van der Waals surface area contributed by atoms with Crippen molar-refractivity contribution in [3.05, 3.63) is 41.5 Å². The van der Waals surface area contributed by atoms with Crippen LogP contribution >= 0.6 is 0 Å². The molecule has 1 aliphatic rings. The highest BCUT2D eigenvalue weighted by Gasteiger charge is 2.26. The second kappa shape index (κ2) is 3.42. The van der Waals surface area contributed by atoms with Crippen LogP contribution in [0.15, 0.2) is 30.3 Å². The maximum Gasteiger partial charge on any atom is 0.171 e. The molecule has 0 amide bonds. The molecule has 3 rings (SSSR count). The molecular formula is C14H10O3. The van der Waals surface area contributed by atoms with Crippen LogP contribution in [-0.4, -0.2) is 18.7 Å². The van der Waals surface area contributed by atoms with Gasteiger partial charge in [0.25, 0.3) is 0 Å². The van der Waals surface area contributed by atoms with Crippen LogP contribution in [0.3, 0.4) is 0 Å². The fourth-order valence-corrected chi connectivity index (χ4v) is 2.36. The molecule has 0 unspecified atom stereocenters. The maximum atomic E-state index is 11.8. The Kier molecular flexibility index (Phi) is 2.01. The van der Waals surface area contributed by atoms with Crippen molar-refractivity contribution in [1.82, 2.24) is 0 Å². The summed E-state index contributed by atoms with van der Waals surface area (Å²) in [6.45, 7) is 0. The van der Waals surface area contributed by atoms with Gasteiger partial charge in [-0.3, -0.25) is 9.59 Å². The number of rotatable bonds is 1. The Bertz CT molecular complexity index is 636. The summed E-state index contributed by atoms with van der Waals surface area (Å²) in [6.07, 6.45) is -0.0293. The van der Waals surface area contributed by atoms with E-state index in [4.69, 9.17) is 4.74 Å². The largest absolute Gasteiger partial charge is 0.496 e. The van der Waals surface area contributed by atoms with Crippen molar-refractivity contribution in [3.63, 3.8) is 0 Å². The predicted molar refractivity (Wildman–Crippen MR) is 63.8 cm³/mol. The Labute approximate surface area is 98.0 Å². The molecule has 2 aromatic carbocycles. The highest BCUT2D eigenvalue weighted by Crippen LogP contribution is 2.34. The fourth-order valence-electron chi connectivity index (χ4n) is 2.36. The first-order chi connectivity index (χ1) is 8.22. The quantitative estimate of drug-likeness (QED) is 0.702. The molecule has 2 aromatic rings. The predicted octanol–water partition coefficient (Wildman–Crippen LogP) is 2.62. The normalized spacial score (nSPS) is 14.2. The number of carbonyl (C=O) groups excluding carboxylic acids is 2. The summed E-state index contributed by atoms with van der Waals surface area (Å²) < 4.78 is 5.25. The van der Waals surface area contributed by atoms with Crippen LogP contribution in [-0.2, 0) is 0 Å². The molecule has 84 valence electrons. The van der Waals surface area contributed by atoms with E-state index >= 15 is 0 Å². The number of benzene rings is 2. The molecule has 0 radical (unpaired) electrons. The zero-order chi connectivity index (χ0) is 12.0. The minimum atomic E-state index is -0.110. The van der Waals surface area contributed by atoms with Crippen LogP contribution in [0.4, 0.5) is 0 Å². The van der Waals surface area contributed by atoms with Gasteiger partial charge in [0.15, 0.2) is 11.6 Å². The van der Waals surface area contributed by atoms with E-state index in [9.17, 15) is 9.59 Å². The van der Waals surface area contributed by atoms with Crippen LogP contribution in [0.2, 0.25) is 0 Å². The number of hydrogen-bond donors (Lipinski definition) is 0.